The molecule has 1 N–H and O–H groups in total. The van der Waals surface area contributed by atoms with E-state index < -0.39 is 0 Å². The average Bonchev–Trinajstić information content (AvgIpc) is 2.41. The number of hydrogen-bond donors (Lipinski definition) is 1. The Labute approximate surface area is 113 Å². The minimum atomic E-state index is -0.175. The van der Waals surface area contributed by atoms with E-state index in [1.165, 1.54) is 6.07 Å². The van der Waals surface area contributed by atoms with E-state index in [1.54, 1.807) is 12.1 Å². The number of aryl methyl sites for hydroxylation is 1. The first-order chi connectivity index (χ1) is 9.16. The number of piperazine rings is 1. The molecule has 0 aliphatic carbocycles. The molecule has 0 spiro atoms. The van der Waals surface area contributed by atoms with Crippen LogP contribution in [0, 0.1) is 5.82 Å². The Hall–Kier alpha value is -1.42. The lowest BCUT2D eigenvalue weighted by atomic mass is 10.1. The standard InChI is InChI=1S/C15H21FN2O/c1-12-11-18(10-9-17-12)15(19)8-4-6-13-5-2-3-7-14(13)16/h2-3,5,7,12,17H,4,6,8-11H2,1H3. The van der Waals surface area contributed by atoms with Crippen LogP contribution in [0.3, 0.4) is 0 Å². The molecular formula is C15H21FN2O. The van der Waals surface area contributed by atoms with E-state index in [9.17, 15) is 9.18 Å². The maximum absolute atomic E-state index is 13.4. The summed E-state index contributed by atoms with van der Waals surface area (Å²) in [5, 5.41) is 3.31. The third kappa shape index (κ3) is 4.03. The van der Waals surface area contributed by atoms with Crippen LogP contribution < -0.4 is 5.32 Å². The predicted molar refractivity (Wildman–Crippen MR) is 73.4 cm³/mol. The van der Waals surface area contributed by atoms with Gasteiger partial charge in [-0.15, -0.1) is 0 Å². The van der Waals surface area contributed by atoms with Crippen molar-refractivity contribution in [3.05, 3.63) is 35.6 Å². The number of amides is 1. The number of benzene rings is 1. The van der Waals surface area contributed by atoms with Gasteiger partial charge in [-0.25, -0.2) is 4.39 Å². The number of hydrogen-bond acceptors (Lipinski definition) is 2. The second-order valence-corrected chi connectivity index (χ2v) is 5.14. The van der Waals surface area contributed by atoms with Crippen molar-refractivity contribution in [2.75, 3.05) is 19.6 Å². The van der Waals surface area contributed by atoms with Gasteiger partial charge in [-0.1, -0.05) is 18.2 Å². The Morgan fingerprint density at radius 2 is 2.26 bits per heavy atom. The lowest BCUT2D eigenvalue weighted by molar-refractivity contribution is -0.132. The van der Waals surface area contributed by atoms with Crippen LogP contribution in [-0.4, -0.2) is 36.5 Å². The highest BCUT2D eigenvalue weighted by atomic mass is 19.1. The van der Waals surface area contributed by atoms with E-state index in [0.29, 0.717) is 30.9 Å². The molecule has 0 bridgehead atoms. The van der Waals surface area contributed by atoms with E-state index in [1.807, 2.05) is 11.0 Å². The molecule has 1 aromatic carbocycles. The fourth-order valence-corrected chi connectivity index (χ4v) is 2.45. The van der Waals surface area contributed by atoms with E-state index in [0.717, 1.165) is 19.6 Å². The van der Waals surface area contributed by atoms with Crippen LogP contribution in [0.1, 0.15) is 25.3 Å². The molecule has 19 heavy (non-hydrogen) atoms. The Kier molecular flexibility index (Phi) is 4.91. The van der Waals surface area contributed by atoms with Gasteiger partial charge in [-0.3, -0.25) is 4.79 Å². The Bertz CT molecular complexity index is 436. The van der Waals surface area contributed by atoms with Crippen molar-refractivity contribution in [2.24, 2.45) is 0 Å². The summed E-state index contributed by atoms with van der Waals surface area (Å²) in [6.45, 7) is 4.50. The van der Waals surface area contributed by atoms with E-state index in [-0.39, 0.29) is 11.7 Å². The minimum Gasteiger partial charge on any atom is -0.340 e. The molecular weight excluding hydrogens is 243 g/mol. The van der Waals surface area contributed by atoms with Crippen molar-refractivity contribution in [1.29, 1.82) is 0 Å². The van der Waals surface area contributed by atoms with Crippen LogP contribution in [0.15, 0.2) is 24.3 Å². The minimum absolute atomic E-state index is 0.175. The van der Waals surface area contributed by atoms with Crippen LogP contribution in [0.5, 0.6) is 0 Å². The smallest absolute Gasteiger partial charge is 0.222 e. The highest BCUT2D eigenvalue weighted by molar-refractivity contribution is 5.76. The first-order valence-corrected chi connectivity index (χ1v) is 6.91. The van der Waals surface area contributed by atoms with Gasteiger partial charge in [0.25, 0.3) is 0 Å². The van der Waals surface area contributed by atoms with Crippen LogP contribution in [0.2, 0.25) is 0 Å². The molecule has 2 rings (SSSR count). The maximum atomic E-state index is 13.4. The normalized spacial score (nSPS) is 19.5. The molecule has 4 heteroatoms. The largest absolute Gasteiger partial charge is 0.340 e. The molecule has 1 aliphatic heterocycles. The summed E-state index contributed by atoms with van der Waals surface area (Å²) in [6.07, 6.45) is 1.83. The van der Waals surface area contributed by atoms with E-state index >= 15 is 0 Å². The summed E-state index contributed by atoms with van der Waals surface area (Å²) in [6, 6.07) is 7.14. The van der Waals surface area contributed by atoms with Gasteiger partial charge < -0.3 is 10.2 Å². The number of rotatable bonds is 4. The van der Waals surface area contributed by atoms with Crippen LogP contribution in [0.4, 0.5) is 4.39 Å². The van der Waals surface area contributed by atoms with E-state index in [2.05, 4.69) is 12.2 Å². The van der Waals surface area contributed by atoms with Gasteiger partial charge in [-0.05, 0) is 31.4 Å². The van der Waals surface area contributed by atoms with Crippen molar-refractivity contribution in [3.63, 3.8) is 0 Å². The summed E-state index contributed by atoms with van der Waals surface area (Å²) >= 11 is 0. The first-order valence-electron chi connectivity index (χ1n) is 6.91. The van der Waals surface area contributed by atoms with Crippen LogP contribution in [0.25, 0.3) is 0 Å². The summed E-state index contributed by atoms with van der Waals surface area (Å²) in [5.41, 5.74) is 0.698. The summed E-state index contributed by atoms with van der Waals surface area (Å²) in [7, 11) is 0. The molecule has 104 valence electrons. The van der Waals surface area contributed by atoms with Gasteiger partial charge in [0, 0.05) is 32.1 Å². The number of nitrogens with one attached hydrogen (secondary N) is 1. The zero-order valence-corrected chi connectivity index (χ0v) is 11.4. The number of nitrogens with zero attached hydrogens (tertiary/aromatic N) is 1. The van der Waals surface area contributed by atoms with Gasteiger partial charge in [-0.2, -0.15) is 0 Å². The van der Waals surface area contributed by atoms with Crippen molar-refractivity contribution in [1.82, 2.24) is 10.2 Å². The molecule has 0 radical (unpaired) electrons. The summed E-state index contributed by atoms with van der Waals surface area (Å²) < 4.78 is 13.4. The summed E-state index contributed by atoms with van der Waals surface area (Å²) in [4.78, 5) is 13.9. The number of carbonyl (C=O) groups excluding carboxylic acids is 1. The third-order valence-electron chi connectivity index (χ3n) is 3.52. The lowest BCUT2D eigenvalue weighted by Gasteiger charge is -2.32. The molecule has 0 saturated carbocycles. The van der Waals surface area contributed by atoms with Crippen LogP contribution in [-0.2, 0) is 11.2 Å². The Morgan fingerprint density at radius 3 is 3.00 bits per heavy atom. The van der Waals surface area contributed by atoms with Gasteiger partial charge in [0.15, 0.2) is 0 Å². The van der Waals surface area contributed by atoms with E-state index in [4.69, 9.17) is 0 Å². The number of halogens is 1. The van der Waals surface area contributed by atoms with Crippen LogP contribution >= 0.6 is 0 Å². The second-order valence-electron chi connectivity index (χ2n) is 5.14. The molecule has 1 unspecified atom stereocenters. The molecule has 1 aromatic rings. The maximum Gasteiger partial charge on any atom is 0.222 e. The average molecular weight is 264 g/mol. The van der Waals surface area contributed by atoms with Gasteiger partial charge in [0.2, 0.25) is 5.91 Å². The second kappa shape index (κ2) is 6.66. The Morgan fingerprint density at radius 1 is 1.47 bits per heavy atom. The predicted octanol–water partition coefficient (Wildman–Crippen LogP) is 1.97. The summed E-state index contributed by atoms with van der Waals surface area (Å²) in [5.74, 6) is 0.00966. The number of carbonyl (C=O) groups is 1. The molecule has 1 heterocycles. The highest BCUT2D eigenvalue weighted by Crippen LogP contribution is 2.11. The molecule has 1 saturated heterocycles. The fourth-order valence-electron chi connectivity index (χ4n) is 2.45. The fraction of sp³-hybridized carbons (Fsp3) is 0.533. The van der Waals surface area contributed by atoms with Crippen molar-refractivity contribution in [2.45, 2.75) is 32.2 Å². The quantitative estimate of drug-likeness (QED) is 0.901. The first kappa shape index (κ1) is 14.0. The Balaban J connectivity index is 1.76. The van der Waals surface area contributed by atoms with Gasteiger partial charge in [0.1, 0.15) is 5.82 Å². The monoisotopic (exact) mass is 264 g/mol. The van der Waals surface area contributed by atoms with Crippen molar-refractivity contribution in [3.8, 4) is 0 Å². The lowest BCUT2D eigenvalue weighted by Crippen LogP contribution is -2.51. The highest BCUT2D eigenvalue weighted by Gasteiger charge is 2.19. The molecule has 3 nitrogen and oxygen atoms in total. The topological polar surface area (TPSA) is 32.3 Å². The van der Waals surface area contributed by atoms with Gasteiger partial charge in [0.05, 0.1) is 0 Å². The molecule has 1 amide bonds. The van der Waals surface area contributed by atoms with Gasteiger partial charge >= 0.3 is 0 Å². The molecule has 0 aromatic heterocycles. The van der Waals surface area contributed by atoms with Crippen molar-refractivity contribution < 1.29 is 9.18 Å². The molecule has 1 atom stereocenters. The third-order valence-corrected chi connectivity index (χ3v) is 3.52. The van der Waals surface area contributed by atoms with Crippen molar-refractivity contribution >= 4 is 5.91 Å². The molecule has 1 fully saturated rings. The molecule has 1 aliphatic rings. The SMILES string of the molecule is CC1CN(C(=O)CCCc2ccccc2F)CCN1. The zero-order valence-electron chi connectivity index (χ0n) is 11.4. The zero-order chi connectivity index (χ0) is 13.7.